The largest absolute Gasteiger partial charge is 0.497 e. The standard InChI is InChI=1S/C23H33N5O.HI/c1-4-24-23(26-15-19-5-8-21(29-3)9-6-19)27-17-20-7-10-22(25-16-20)28-13-11-18(2)12-14-28;/h5-10,16,18H,4,11-15,17H2,1-3H3,(H2,24,26,27);1H. The summed E-state index contributed by atoms with van der Waals surface area (Å²) >= 11 is 0. The Morgan fingerprint density at radius 2 is 1.80 bits per heavy atom. The monoisotopic (exact) mass is 523 g/mol. The van der Waals surface area contributed by atoms with Gasteiger partial charge in [0.05, 0.1) is 13.7 Å². The average Bonchev–Trinajstić information content (AvgIpc) is 2.77. The number of halogens is 1. The fourth-order valence-electron chi connectivity index (χ4n) is 3.38. The average molecular weight is 523 g/mol. The number of nitrogens with one attached hydrogen (secondary N) is 2. The predicted molar refractivity (Wildman–Crippen MR) is 135 cm³/mol. The molecule has 0 atom stereocenters. The summed E-state index contributed by atoms with van der Waals surface area (Å²) < 4.78 is 5.21. The second-order valence-corrected chi connectivity index (χ2v) is 7.59. The van der Waals surface area contributed by atoms with Crippen LogP contribution in [0.1, 0.15) is 37.8 Å². The lowest BCUT2D eigenvalue weighted by Gasteiger charge is -2.31. The van der Waals surface area contributed by atoms with Gasteiger partial charge in [0.25, 0.3) is 0 Å². The van der Waals surface area contributed by atoms with Crippen LogP contribution in [0.25, 0.3) is 0 Å². The first-order chi connectivity index (χ1) is 14.2. The number of nitrogens with zero attached hydrogens (tertiary/aromatic N) is 3. The molecule has 1 aliphatic heterocycles. The van der Waals surface area contributed by atoms with Gasteiger partial charge < -0.3 is 20.3 Å². The summed E-state index contributed by atoms with van der Waals surface area (Å²) in [5, 5.41) is 6.68. The molecule has 30 heavy (non-hydrogen) atoms. The van der Waals surface area contributed by atoms with E-state index in [-0.39, 0.29) is 24.0 Å². The van der Waals surface area contributed by atoms with E-state index in [0.717, 1.165) is 48.6 Å². The zero-order valence-corrected chi connectivity index (χ0v) is 20.6. The third kappa shape index (κ3) is 7.34. The van der Waals surface area contributed by atoms with Crippen LogP contribution in [-0.4, -0.2) is 37.7 Å². The van der Waals surface area contributed by atoms with E-state index in [9.17, 15) is 0 Å². The molecule has 0 bridgehead atoms. The number of piperidine rings is 1. The van der Waals surface area contributed by atoms with Crippen molar-refractivity contribution >= 4 is 35.8 Å². The lowest BCUT2D eigenvalue weighted by Crippen LogP contribution is -2.36. The van der Waals surface area contributed by atoms with E-state index >= 15 is 0 Å². The number of aromatic nitrogens is 1. The number of ether oxygens (including phenoxy) is 1. The highest BCUT2D eigenvalue weighted by molar-refractivity contribution is 14.0. The molecular formula is C23H34IN5O. The molecule has 0 aliphatic carbocycles. The second kappa shape index (κ2) is 12.6. The minimum absolute atomic E-state index is 0. The van der Waals surface area contributed by atoms with E-state index < -0.39 is 0 Å². The summed E-state index contributed by atoms with van der Waals surface area (Å²) in [6.45, 7) is 8.73. The van der Waals surface area contributed by atoms with Crippen LogP contribution >= 0.6 is 24.0 Å². The normalized spacial score (nSPS) is 14.8. The Morgan fingerprint density at radius 3 is 2.40 bits per heavy atom. The highest BCUT2D eigenvalue weighted by Gasteiger charge is 2.16. The summed E-state index contributed by atoms with van der Waals surface area (Å²) in [4.78, 5) is 11.7. The van der Waals surface area contributed by atoms with Gasteiger partial charge in [-0.2, -0.15) is 0 Å². The van der Waals surface area contributed by atoms with Crippen molar-refractivity contribution in [1.82, 2.24) is 15.6 Å². The van der Waals surface area contributed by atoms with Crippen molar-refractivity contribution in [1.29, 1.82) is 0 Å². The zero-order valence-electron chi connectivity index (χ0n) is 18.2. The fourth-order valence-corrected chi connectivity index (χ4v) is 3.38. The summed E-state index contributed by atoms with van der Waals surface area (Å²) in [6, 6.07) is 12.3. The number of rotatable bonds is 7. The molecule has 6 nitrogen and oxygen atoms in total. The van der Waals surface area contributed by atoms with Gasteiger partial charge in [0.2, 0.25) is 0 Å². The minimum atomic E-state index is 0. The molecule has 164 valence electrons. The smallest absolute Gasteiger partial charge is 0.191 e. The minimum Gasteiger partial charge on any atom is -0.497 e. The molecular weight excluding hydrogens is 489 g/mol. The van der Waals surface area contributed by atoms with Gasteiger partial charge in [0.15, 0.2) is 5.96 Å². The molecule has 1 aliphatic rings. The molecule has 2 N–H and O–H groups in total. The van der Waals surface area contributed by atoms with Crippen LogP contribution in [0.15, 0.2) is 47.6 Å². The maximum atomic E-state index is 5.21. The van der Waals surface area contributed by atoms with E-state index in [1.165, 1.54) is 18.4 Å². The molecule has 7 heteroatoms. The number of hydrogen-bond acceptors (Lipinski definition) is 4. The maximum absolute atomic E-state index is 5.21. The van der Waals surface area contributed by atoms with E-state index in [1.807, 2.05) is 18.3 Å². The Morgan fingerprint density at radius 1 is 1.10 bits per heavy atom. The van der Waals surface area contributed by atoms with Gasteiger partial charge >= 0.3 is 0 Å². The number of hydrogen-bond donors (Lipinski definition) is 2. The first-order valence-corrected chi connectivity index (χ1v) is 10.5. The fraction of sp³-hybridized carbons (Fsp3) is 0.478. The van der Waals surface area contributed by atoms with Crippen LogP contribution in [-0.2, 0) is 13.1 Å². The van der Waals surface area contributed by atoms with Gasteiger partial charge in [0, 0.05) is 32.4 Å². The molecule has 0 radical (unpaired) electrons. The van der Waals surface area contributed by atoms with Crippen molar-refractivity contribution in [3.05, 3.63) is 53.7 Å². The molecule has 2 aromatic rings. The zero-order chi connectivity index (χ0) is 20.5. The van der Waals surface area contributed by atoms with Crippen LogP contribution < -0.4 is 20.3 Å². The quantitative estimate of drug-likeness (QED) is 0.324. The van der Waals surface area contributed by atoms with Crippen LogP contribution in [0.4, 0.5) is 5.82 Å². The molecule has 3 rings (SSSR count). The molecule has 1 fully saturated rings. The molecule has 0 unspecified atom stereocenters. The summed E-state index contributed by atoms with van der Waals surface area (Å²) in [6.07, 6.45) is 4.45. The second-order valence-electron chi connectivity index (χ2n) is 7.59. The van der Waals surface area contributed by atoms with Gasteiger partial charge in [-0.3, -0.25) is 0 Å². The maximum Gasteiger partial charge on any atom is 0.191 e. The Balaban J connectivity index is 0.00000320. The van der Waals surface area contributed by atoms with Gasteiger partial charge in [-0.1, -0.05) is 25.1 Å². The number of guanidine groups is 1. The van der Waals surface area contributed by atoms with Crippen molar-refractivity contribution in [3.63, 3.8) is 0 Å². The van der Waals surface area contributed by atoms with E-state index in [2.05, 4.69) is 58.6 Å². The SMILES string of the molecule is CCNC(=NCc1ccc(N2CCC(C)CC2)nc1)NCc1ccc(OC)cc1.I. The molecule has 2 heterocycles. The van der Waals surface area contributed by atoms with Gasteiger partial charge in [-0.05, 0) is 55.0 Å². The van der Waals surface area contributed by atoms with E-state index in [1.54, 1.807) is 7.11 Å². The molecule has 1 aromatic heterocycles. The number of anilines is 1. The molecule has 0 saturated carbocycles. The predicted octanol–water partition coefficient (Wildman–Crippen LogP) is 4.20. The van der Waals surface area contributed by atoms with E-state index in [0.29, 0.717) is 13.1 Å². The first kappa shape index (κ1) is 24.2. The number of pyridine rings is 1. The van der Waals surface area contributed by atoms with Crippen molar-refractivity contribution in [2.45, 2.75) is 39.8 Å². The lowest BCUT2D eigenvalue weighted by molar-refractivity contribution is 0.414. The highest BCUT2D eigenvalue weighted by atomic mass is 127. The van der Waals surface area contributed by atoms with Crippen LogP contribution in [0.2, 0.25) is 0 Å². The van der Waals surface area contributed by atoms with Gasteiger partial charge in [-0.25, -0.2) is 9.98 Å². The Bertz CT molecular complexity index is 771. The van der Waals surface area contributed by atoms with Crippen LogP contribution in [0.3, 0.4) is 0 Å². The van der Waals surface area contributed by atoms with Crippen molar-refractivity contribution in [3.8, 4) is 5.75 Å². The third-order valence-corrected chi connectivity index (χ3v) is 5.30. The van der Waals surface area contributed by atoms with E-state index in [4.69, 9.17) is 9.73 Å². The number of aliphatic imine (C=N–C) groups is 1. The summed E-state index contributed by atoms with van der Waals surface area (Å²) in [5.74, 6) is 3.57. The third-order valence-electron chi connectivity index (χ3n) is 5.30. The van der Waals surface area contributed by atoms with Crippen molar-refractivity contribution in [2.75, 3.05) is 31.6 Å². The first-order valence-electron chi connectivity index (χ1n) is 10.5. The Hall–Kier alpha value is -2.03. The number of benzene rings is 1. The van der Waals surface area contributed by atoms with Crippen molar-refractivity contribution < 1.29 is 4.74 Å². The summed E-state index contributed by atoms with van der Waals surface area (Å²) in [7, 11) is 1.68. The topological polar surface area (TPSA) is 61.8 Å². The Kier molecular flexibility index (Phi) is 10.2. The lowest BCUT2D eigenvalue weighted by atomic mass is 9.99. The van der Waals surface area contributed by atoms with Crippen LogP contribution in [0.5, 0.6) is 5.75 Å². The van der Waals surface area contributed by atoms with Crippen molar-refractivity contribution in [2.24, 2.45) is 10.9 Å². The molecule has 1 aromatic carbocycles. The summed E-state index contributed by atoms with van der Waals surface area (Å²) in [5.41, 5.74) is 2.29. The van der Waals surface area contributed by atoms with Crippen LogP contribution in [0, 0.1) is 5.92 Å². The van der Waals surface area contributed by atoms with Gasteiger partial charge in [-0.15, -0.1) is 24.0 Å². The number of methoxy groups -OCH3 is 1. The Labute approximate surface area is 197 Å². The highest BCUT2D eigenvalue weighted by Crippen LogP contribution is 2.21. The molecule has 0 amide bonds. The molecule has 1 saturated heterocycles. The van der Waals surface area contributed by atoms with Gasteiger partial charge in [0.1, 0.15) is 11.6 Å². The molecule has 0 spiro atoms.